The Morgan fingerprint density at radius 1 is 1.24 bits per heavy atom. The monoisotopic (exact) mass is 324 g/mol. The number of piperidine rings is 1. The predicted octanol–water partition coefficient (Wildman–Crippen LogP) is 1.94. The fourth-order valence-electron chi connectivity index (χ4n) is 2.27. The molecule has 0 bridgehead atoms. The number of alkyl halides is 3. The lowest BCUT2D eigenvalue weighted by Crippen LogP contribution is -2.42. The first-order valence-electron chi connectivity index (χ1n) is 6.27. The molecule has 1 saturated heterocycles. The van der Waals surface area contributed by atoms with Crippen molar-refractivity contribution in [3.63, 3.8) is 0 Å². The number of halogens is 3. The summed E-state index contributed by atoms with van der Waals surface area (Å²) in [5, 5.41) is 9.29. The smallest absolute Gasteiger partial charge is 0.391 e. The van der Waals surface area contributed by atoms with Gasteiger partial charge in [-0.2, -0.15) is 17.5 Å². The van der Waals surface area contributed by atoms with Crippen molar-refractivity contribution < 1.29 is 26.7 Å². The maximum atomic E-state index is 12.6. The summed E-state index contributed by atoms with van der Waals surface area (Å²) in [5.74, 6) is -1.71. The third kappa shape index (κ3) is 3.24. The molecule has 21 heavy (non-hydrogen) atoms. The highest BCUT2D eigenvalue weighted by molar-refractivity contribution is 7.89. The molecule has 2 rings (SSSR count). The van der Waals surface area contributed by atoms with Gasteiger partial charge in [0.25, 0.3) is 0 Å². The van der Waals surface area contributed by atoms with Gasteiger partial charge in [-0.3, -0.25) is 0 Å². The molecule has 118 valence electrons. The number of phenolic OH excluding ortho intramolecular Hbond substituents is 1. The molecule has 0 unspecified atom stereocenters. The van der Waals surface area contributed by atoms with Crippen molar-refractivity contribution in [2.24, 2.45) is 5.92 Å². The van der Waals surface area contributed by atoms with E-state index in [0.29, 0.717) is 0 Å². The van der Waals surface area contributed by atoms with Gasteiger partial charge in [0.05, 0.1) is 16.5 Å². The van der Waals surface area contributed by atoms with Crippen LogP contribution in [-0.2, 0) is 10.0 Å². The molecule has 1 aromatic carbocycles. The molecule has 5 nitrogen and oxygen atoms in total. The van der Waals surface area contributed by atoms with Crippen molar-refractivity contribution in [2.75, 3.05) is 18.8 Å². The lowest BCUT2D eigenvalue weighted by molar-refractivity contribution is -0.182. The third-order valence-electron chi connectivity index (χ3n) is 3.55. The van der Waals surface area contributed by atoms with Crippen LogP contribution in [0.4, 0.5) is 18.9 Å². The average Bonchev–Trinajstić information content (AvgIpc) is 2.41. The van der Waals surface area contributed by atoms with E-state index in [1.165, 1.54) is 6.07 Å². The van der Waals surface area contributed by atoms with Gasteiger partial charge in [-0.05, 0) is 31.0 Å². The molecule has 3 N–H and O–H groups in total. The molecule has 1 heterocycles. The molecule has 1 fully saturated rings. The SMILES string of the molecule is Nc1cc(S(=O)(=O)N2CCC(C(F)(F)F)CC2)ccc1O. The van der Waals surface area contributed by atoms with Gasteiger partial charge < -0.3 is 10.8 Å². The Balaban J connectivity index is 2.17. The second-order valence-electron chi connectivity index (χ2n) is 4.94. The van der Waals surface area contributed by atoms with Crippen LogP contribution in [0, 0.1) is 5.92 Å². The lowest BCUT2D eigenvalue weighted by atomic mass is 9.98. The first-order valence-corrected chi connectivity index (χ1v) is 7.71. The van der Waals surface area contributed by atoms with E-state index in [1.54, 1.807) is 0 Å². The fourth-order valence-corrected chi connectivity index (χ4v) is 3.77. The number of benzene rings is 1. The molecule has 1 aliphatic rings. The fraction of sp³-hybridized carbons (Fsp3) is 0.500. The molecular weight excluding hydrogens is 309 g/mol. The molecule has 1 aliphatic heterocycles. The van der Waals surface area contributed by atoms with Crippen molar-refractivity contribution in [1.82, 2.24) is 4.31 Å². The van der Waals surface area contributed by atoms with Crippen LogP contribution in [0.25, 0.3) is 0 Å². The number of sulfonamides is 1. The lowest BCUT2D eigenvalue weighted by Gasteiger charge is -2.32. The molecule has 0 aliphatic carbocycles. The zero-order valence-electron chi connectivity index (χ0n) is 11.0. The molecule has 0 atom stereocenters. The summed E-state index contributed by atoms with van der Waals surface area (Å²) in [6, 6.07) is 3.42. The van der Waals surface area contributed by atoms with E-state index in [0.717, 1.165) is 16.4 Å². The third-order valence-corrected chi connectivity index (χ3v) is 5.45. The Morgan fingerprint density at radius 2 is 1.81 bits per heavy atom. The van der Waals surface area contributed by atoms with E-state index in [9.17, 15) is 26.7 Å². The van der Waals surface area contributed by atoms with Crippen LogP contribution in [0.3, 0.4) is 0 Å². The van der Waals surface area contributed by atoms with Crippen molar-refractivity contribution in [3.8, 4) is 5.75 Å². The van der Waals surface area contributed by atoms with Gasteiger partial charge in [0.2, 0.25) is 10.0 Å². The standard InChI is InChI=1S/C12H15F3N2O3S/c13-12(14,15)8-3-5-17(6-4-8)21(19,20)9-1-2-11(18)10(16)7-9/h1-2,7-8,18H,3-6,16H2. The Kier molecular flexibility index (Phi) is 4.07. The summed E-state index contributed by atoms with van der Waals surface area (Å²) in [6.07, 6.45) is -4.80. The largest absolute Gasteiger partial charge is 0.506 e. The molecule has 0 amide bonds. The average molecular weight is 324 g/mol. The number of aromatic hydroxyl groups is 1. The van der Waals surface area contributed by atoms with Crippen LogP contribution in [0.1, 0.15) is 12.8 Å². The van der Waals surface area contributed by atoms with E-state index in [2.05, 4.69) is 0 Å². The first-order chi connectivity index (χ1) is 9.62. The number of nitrogens with zero attached hydrogens (tertiary/aromatic N) is 1. The Hall–Kier alpha value is -1.48. The van der Waals surface area contributed by atoms with Gasteiger partial charge >= 0.3 is 6.18 Å². The minimum absolute atomic E-state index is 0.0961. The molecule has 1 aromatic rings. The maximum absolute atomic E-state index is 12.6. The van der Waals surface area contributed by atoms with Gasteiger partial charge in [-0.15, -0.1) is 0 Å². The van der Waals surface area contributed by atoms with Gasteiger partial charge in [0.1, 0.15) is 5.75 Å². The Bertz CT molecular complexity index is 623. The van der Waals surface area contributed by atoms with Crippen molar-refractivity contribution >= 4 is 15.7 Å². The highest BCUT2D eigenvalue weighted by Gasteiger charge is 2.43. The Labute approximate surface area is 120 Å². The second kappa shape index (κ2) is 5.38. The number of hydrogen-bond acceptors (Lipinski definition) is 4. The summed E-state index contributed by atoms with van der Waals surface area (Å²) in [6.45, 7) is -0.374. The van der Waals surface area contributed by atoms with Crippen LogP contribution >= 0.6 is 0 Å². The summed E-state index contributed by atoms with van der Waals surface area (Å²) >= 11 is 0. The van der Waals surface area contributed by atoms with Gasteiger partial charge in [0.15, 0.2) is 0 Å². The summed E-state index contributed by atoms with van der Waals surface area (Å²) < 4.78 is 63.4. The van der Waals surface area contributed by atoms with Crippen molar-refractivity contribution in [2.45, 2.75) is 23.9 Å². The normalized spacial score (nSPS) is 18.8. The predicted molar refractivity (Wildman–Crippen MR) is 70.1 cm³/mol. The quantitative estimate of drug-likeness (QED) is 0.643. The molecule has 9 heteroatoms. The van der Waals surface area contributed by atoms with Gasteiger partial charge in [-0.25, -0.2) is 8.42 Å². The first kappa shape index (κ1) is 15.9. The molecule has 0 spiro atoms. The van der Waals surface area contributed by atoms with Gasteiger partial charge in [0, 0.05) is 13.1 Å². The minimum Gasteiger partial charge on any atom is -0.506 e. The summed E-state index contributed by atoms with van der Waals surface area (Å²) in [4.78, 5) is -0.136. The zero-order chi connectivity index (χ0) is 15.8. The zero-order valence-corrected chi connectivity index (χ0v) is 11.8. The molecule has 0 saturated carbocycles. The van der Waals surface area contributed by atoms with E-state index in [1.807, 2.05) is 0 Å². The number of anilines is 1. The molecule has 0 aromatic heterocycles. The second-order valence-corrected chi connectivity index (χ2v) is 6.88. The van der Waals surface area contributed by atoms with Crippen LogP contribution < -0.4 is 5.73 Å². The topological polar surface area (TPSA) is 83.6 Å². The summed E-state index contributed by atoms with van der Waals surface area (Å²) in [5.41, 5.74) is 5.35. The van der Waals surface area contributed by atoms with Crippen molar-refractivity contribution in [1.29, 1.82) is 0 Å². The number of phenols is 1. The van der Waals surface area contributed by atoms with E-state index < -0.39 is 22.1 Å². The highest BCUT2D eigenvalue weighted by atomic mass is 32.2. The highest BCUT2D eigenvalue weighted by Crippen LogP contribution is 2.36. The van der Waals surface area contributed by atoms with E-state index in [4.69, 9.17) is 5.73 Å². The van der Waals surface area contributed by atoms with E-state index >= 15 is 0 Å². The summed E-state index contributed by atoms with van der Waals surface area (Å²) in [7, 11) is -3.90. The van der Waals surface area contributed by atoms with Crippen LogP contribution in [0.2, 0.25) is 0 Å². The van der Waals surface area contributed by atoms with Crippen molar-refractivity contribution in [3.05, 3.63) is 18.2 Å². The number of nitrogens with two attached hydrogens (primary N) is 1. The molecule has 0 radical (unpaired) electrons. The number of nitrogen functional groups attached to an aromatic ring is 1. The minimum atomic E-state index is -4.29. The van der Waals surface area contributed by atoms with Crippen LogP contribution in [0.5, 0.6) is 5.75 Å². The van der Waals surface area contributed by atoms with Crippen LogP contribution in [0.15, 0.2) is 23.1 Å². The maximum Gasteiger partial charge on any atom is 0.391 e. The Morgan fingerprint density at radius 3 is 2.29 bits per heavy atom. The number of rotatable bonds is 2. The molecular formula is C12H15F3N2O3S. The van der Waals surface area contributed by atoms with Gasteiger partial charge in [-0.1, -0.05) is 0 Å². The van der Waals surface area contributed by atoms with E-state index in [-0.39, 0.29) is 42.3 Å². The van der Waals surface area contributed by atoms with Crippen LogP contribution in [-0.4, -0.2) is 37.1 Å². The number of hydrogen-bond donors (Lipinski definition) is 2.